The molecule has 14 heavy (non-hydrogen) atoms. The van der Waals surface area contributed by atoms with Crippen LogP contribution in [0.2, 0.25) is 0 Å². The standard InChI is InChI=1S/C12H9NO/c14-8-2-5-10-3-1-4-11-9-13-7-6-12(10)11/h1-9H/b5-2+. The minimum absolute atomic E-state index is 0.778. The van der Waals surface area contributed by atoms with Gasteiger partial charge in [-0.1, -0.05) is 24.3 Å². The van der Waals surface area contributed by atoms with Crippen LogP contribution < -0.4 is 0 Å². The Kier molecular flexibility index (Phi) is 2.36. The first-order valence-corrected chi connectivity index (χ1v) is 4.36. The highest BCUT2D eigenvalue weighted by Gasteiger charge is 1.95. The number of pyridine rings is 1. The minimum atomic E-state index is 0.778. The third kappa shape index (κ3) is 1.55. The zero-order valence-electron chi connectivity index (χ0n) is 7.55. The van der Waals surface area contributed by atoms with E-state index in [0.29, 0.717) is 0 Å². The second kappa shape index (κ2) is 3.83. The van der Waals surface area contributed by atoms with Gasteiger partial charge < -0.3 is 0 Å². The molecular formula is C12H9NO. The van der Waals surface area contributed by atoms with Gasteiger partial charge in [-0.15, -0.1) is 0 Å². The van der Waals surface area contributed by atoms with E-state index in [9.17, 15) is 4.79 Å². The van der Waals surface area contributed by atoms with Crippen molar-refractivity contribution in [3.05, 3.63) is 48.3 Å². The molecule has 0 bridgehead atoms. The van der Waals surface area contributed by atoms with Crippen molar-refractivity contribution < 1.29 is 4.79 Å². The predicted molar refractivity (Wildman–Crippen MR) is 56.8 cm³/mol. The number of hydrogen-bond acceptors (Lipinski definition) is 2. The van der Waals surface area contributed by atoms with Crippen LogP contribution in [0.1, 0.15) is 5.56 Å². The Balaban J connectivity index is 2.64. The molecule has 0 aliphatic heterocycles. The molecule has 2 rings (SSSR count). The summed E-state index contributed by atoms with van der Waals surface area (Å²) in [5.41, 5.74) is 1.04. The summed E-state index contributed by atoms with van der Waals surface area (Å²) in [7, 11) is 0. The average Bonchev–Trinajstić information content (AvgIpc) is 2.26. The number of aldehydes is 1. The molecule has 2 nitrogen and oxygen atoms in total. The third-order valence-corrected chi connectivity index (χ3v) is 2.07. The minimum Gasteiger partial charge on any atom is -0.299 e. The first-order valence-electron chi connectivity index (χ1n) is 4.36. The number of rotatable bonds is 2. The van der Waals surface area contributed by atoms with Crippen molar-refractivity contribution >= 4 is 23.1 Å². The van der Waals surface area contributed by atoms with E-state index in [1.54, 1.807) is 12.3 Å². The van der Waals surface area contributed by atoms with Gasteiger partial charge >= 0.3 is 0 Å². The van der Waals surface area contributed by atoms with E-state index in [0.717, 1.165) is 22.6 Å². The molecule has 0 saturated carbocycles. The molecule has 2 heteroatoms. The number of fused-ring (bicyclic) bond motifs is 1. The number of carbonyl (C=O) groups excluding carboxylic acids is 1. The summed E-state index contributed by atoms with van der Waals surface area (Å²) >= 11 is 0. The molecule has 0 spiro atoms. The molecule has 0 atom stereocenters. The van der Waals surface area contributed by atoms with E-state index in [4.69, 9.17) is 0 Å². The van der Waals surface area contributed by atoms with Gasteiger partial charge in [0.1, 0.15) is 6.29 Å². The zero-order valence-corrected chi connectivity index (χ0v) is 7.55. The fourth-order valence-electron chi connectivity index (χ4n) is 1.44. The van der Waals surface area contributed by atoms with Gasteiger partial charge in [0.25, 0.3) is 0 Å². The van der Waals surface area contributed by atoms with Crippen molar-refractivity contribution in [2.75, 3.05) is 0 Å². The number of hydrogen-bond donors (Lipinski definition) is 0. The van der Waals surface area contributed by atoms with Crippen LogP contribution in [0.5, 0.6) is 0 Å². The van der Waals surface area contributed by atoms with E-state index in [1.165, 1.54) is 6.08 Å². The Morgan fingerprint density at radius 1 is 1.21 bits per heavy atom. The number of allylic oxidation sites excluding steroid dienone is 1. The monoisotopic (exact) mass is 183 g/mol. The summed E-state index contributed by atoms with van der Waals surface area (Å²) in [4.78, 5) is 14.3. The van der Waals surface area contributed by atoms with Crippen LogP contribution in [0.4, 0.5) is 0 Å². The Hall–Kier alpha value is -1.96. The summed E-state index contributed by atoms with van der Waals surface area (Å²) < 4.78 is 0. The summed E-state index contributed by atoms with van der Waals surface area (Å²) in [6.45, 7) is 0. The molecule has 1 heterocycles. The normalized spacial score (nSPS) is 10.9. The molecule has 0 fully saturated rings. The summed E-state index contributed by atoms with van der Waals surface area (Å²) in [5.74, 6) is 0. The topological polar surface area (TPSA) is 30.0 Å². The van der Waals surface area contributed by atoms with Gasteiger partial charge in [-0.2, -0.15) is 0 Å². The van der Waals surface area contributed by atoms with Gasteiger partial charge in [0.15, 0.2) is 0 Å². The van der Waals surface area contributed by atoms with E-state index in [-0.39, 0.29) is 0 Å². The van der Waals surface area contributed by atoms with Crippen molar-refractivity contribution in [3.63, 3.8) is 0 Å². The number of carbonyl (C=O) groups is 1. The SMILES string of the molecule is O=C/C=C/c1cccc2cnccc12. The maximum atomic E-state index is 10.2. The van der Waals surface area contributed by atoms with Crippen molar-refractivity contribution in [2.45, 2.75) is 0 Å². The van der Waals surface area contributed by atoms with Gasteiger partial charge in [0.2, 0.25) is 0 Å². The second-order valence-corrected chi connectivity index (χ2v) is 2.94. The molecule has 0 saturated heterocycles. The average molecular weight is 183 g/mol. The molecule has 1 aromatic carbocycles. The fourth-order valence-corrected chi connectivity index (χ4v) is 1.44. The highest BCUT2D eigenvalue weighted by Crippen LogP contribution is 2.18. The lowest BCUT2D eigenvalue weighted by molar-refractivity contribution is -0.104. The molecule has 1 aromatic heterocycles. The van der Waals surface area contributed by atoms with E-state index in [2.05, 4.69) is 4.98 Å². The zero-order chi connectivity index (χ0) is 9.80. The quantitative estimate of drug-likeness (QED) is 0.528. The fraction of sp³-hybridized carbons (Fsp3) is 0. The summed E-state index contributed by atoms with van der Waals surface area (Å²) in [6, 6.07) is 7.87. The van der Waals surface area contributed by atoms with Gasteiger partial charge in [0.05, 0.1) is 0 Å². The molecule has 0 aliphatic rings. The van der Waals surface area contributed by atoms with Gasteiger partial charge in [-0.3, -0.25) is 9.78 Å². The molecule has 0 aliphatic carbocycles. The van der Waals surface area contributed by atoms with E-state index >= 15 is 0 Å². The maximum absolute atomic E-state index is 10.2. The molecular weight excluding hydrogens is 174 g/mol. The van der Waals surface area contributed by atoms with E-state index in [1.807, 2.05) is 30.5 Å². The van der Waals surface area contributed by atoms with Crippen molar-refractivity contribution in [1.82, 2.24) is 4.98 Å². The third-order valence-electron chi connectivity index (χ3n) is 2.07. The molecule has 0 amide bonds. The summed E-state index contributed by atoms with van der Waals surface area (Å²) in [6.07, 6.45) is 7.64. The van der Waals surface area contributed by atoms with Crippen LogP contribution in [0, 0.1) is 0 Å². The summed E-state index contributed by atoms with van der Waals surface area (Å²) in [5, 5.41) is 2.20. The second-order valence-electron chi connectivity index (χ2n) is 2.94. The lowest BCUT2D eigenvalue weighted by Crippen LogP contribution is -1.79. The maximum Gasteiger partial charge on any atom is 0.142 e. The van der Waals surface area contributed by atoms with Crippen LogP contribution in [0.25, 0.3) is 16.8 Å². The lowest BCUT2D eigenvalue weighted by Gasteiger charge is -1.99. The largest absolute Gasteiger partial charge is 0.299 e. The van der Waals surface area contributed by atoms with Gasteiger partial charge in [-0.05, 0) is 23.1 Å². The predicted octanol–water partition coefficient (Wildman–Crippen LogP) is 2.45. The van der Waals surface area contributed by atoms with Gasteiger partial charge in [-0.25, -0.2) is 0 Å². The highest BCUT2D eigenvalue weighted by molar-refractivity contribution is 5.91. The Morgan fingerprint density at radius 3 is 3.00 bits per heavy atom. The van der Waals surface area contributed by atoms with Crippen molar-refractivity contribution in [2.24, 2.45) is 0 Å². The Bertz CT molecular complexity index is 483. The molecule has 0 N–H and O–H groups in total. The van der Waals surface area contributed by atoms with Crippen LogP contribution in [0.3, 0.4) is 0 Å². The molecule has 2 aromatic rings. The molecule has 68 valence electrons. The Labute approximate surface area is 81.9 Å². The van der Waals surface area contributed by atoms with Gasteiger partial charge in [0, 0.05) is 17.8 Å². The van der Waals surface area contributed by atoms with Crippen molar-refractivity contribution in [1.29, 1.82) is 0 Å². The number of benzene rings is 1. The highest BCUT2D eigenvalue weighted by atomic mass is 16.1. The van der Waals surface area contributed by atoms with E-state index < -0.39 is 0 Å². The van der Waals surface area contributed by atoms with Crippen LogP contribution >= 0.6 is 0 Å². The number of aromatic nitrogens is 1. The smallest absolute Gasteiger partial charge is 0.142 e. The first-order chi connectivity index (χ1) is 6.92. The van der Waals surface area contributed by atoms with Crippen molar-refractivity contribution in [3.8, 4) is 0 Å². The molecule has 0 unspecified atom stereocenters. The first kappa shape index (κ1) is 8.63. The van der Waals surface area contributed by atoms with Crippen LogP contribution in [-0.2, 0) is 4.79 Å². The van der Waals surface area contributed by atoms with Crippen LogP contribution in [-0.4, -0.2) is 11.3 Å². The molecule has 0 radical (unpaired) electrons. The van der Waals surface area contributed by atoms with Crippen LogP contribution in [0.15, 0.2) is 42.7 Å². The number of nitrogens with zero attached hydrogens (tertiary/aromatic N) is 1. The lowest BCUT2D eigenvalue weighted by atomic mass is 10.1. The Morgan fingerprint density at radius 2 is 2.14 bits per heavy atom.